The van der Waals surface area contributed by atoms with Crippen LogP contribution in [0.5, 0.6) is 0 Å². The van der Waals surface area contributed by atoms with Gasteiger partial charge in [-0.25, -0.2) is 8.78 Å². The number of allylic oxidation sites excluding steroid dienone is 1. The van der Waals surface area contributed by atoms with Crippen LogP contribution < -0.4 is 0 Å². The maximum absolute atomic E-state index is 14.3. The molecule has 2 aromatic rings. The molecule has 1 saturated heterocycles. The highest BCUT2D eigenvalue weighted by Gasteiger charge is 2.47. The molecule has 1 N–H and O–H groups in total. The van der Waals surface area contributed by atoms with Crippen LogP contribution >= 0.6 is 0 Å². The van der Waals surface area contributed by atoms with Gasteiger partial charge in [-0.3, -0.25) is 4.84 Å². The first-order valence-corrected chi connectivity index (χ1v) is 8.83. The zero-order valence-electron chi connectivity index (χ0n) is 15.3. The Morgan fingerprint density at radius 2 is 2.04 bits per heavy atom. The van der Waals surface area contributed by atoms with E-state index in [2.05, 4.69) is 18.9 Å². The molecule has 0 saturated carbocycles. The fourth-order valence-corrected chi connectivity index (χ4v) is 3.20. The summed E-state index contributed by atoms with van der Waals surface area (Å²) in [5.41, 5.74) is 4.23. The van der Waals surface area contributed by atoms with Gasteiger partial charge in [0, 0.05) is 13.0 Å². The van der Waals surface area contributed by atoms with E-state index in [4.69, 9.17) is 4.84 Å². The SMILES string of the molecule is C=CC=C=CC(=C)CN1OC(O)(c2cc(F)ccc2F)CC1c1ccccc1. The third kappa shape index (κ3) is 4.35. The lowest BCUT2D eigenvalue weighted by molar-refractivity contribution is -0.292. The van der Waals surface area contributed by atoms with Crippen LogP contribution in [0.4, 0.5) is 8.78 Å². The van der Waals surface area contributed by atoms with Crippen LogP contribution in [0.3, 0.4) is 0 Å². The monoisotopic (exact) mass is 381 g/mol. The number of rotatable bonds is 6. The van der Waals surface area contributed by atoms with Gasteiger partial charge in [0.2, 0.25) is 5.79 Å². The Hall–Kier alpha value is -2.82. The summed E-state index contributed by atoms with van der Waals surface area (Å²) in [4.78, 5) is 5.76. The van der Waals surface area contributed by atoms with Gasteiger partial charge in [0.15, 0.2) is 0 Å². The minimum atomic E-state index is -1.99. The van der Waals surface area contributed by atoms with Crippen molar-refractivity contribution in [2.75, 3.05) is 6.54 Å². The third-order valence-corrected chi connectivity index (χ3v) is 4.48. The van der Waals surface area contributed by atoms with Gasteiger partial charge in [-0.2, -0.15) is 5.06 Å². The van der Waals surface area contributed by atoms with Gasteiger partial charge in [-0.15, -0.1) is 5.73 Å². The molecule has 5 heteroatoms. The molecule has 3 rings (SSSR count). The average molecular weight is 381 g/mol. The molecule has 0 amide bonds. The van der Waals surface area contributed by atoms with Crippen LogP contribution in [0, 0.1) is 11.6 Å². The van der Waals surface area contributed by atoms with E-state index in [1.54, 1.807) is 18.2 Å². The molecule has 0 aliphatic carbocycles. The predicted molar refractivity (Wildman–Crippen MR) is 104 cm³/mol. The minimum Gasteiger partial charge on any atom is -0.360 e. The average Bonchev–Trinajstić information content (AvgIpc) is 3.02. The van der Waals surface area contributed by atoms with E-state index in [9.17, 15) is 13.9 Å². The topological polar surface area (TPSA) is 32.7 Å². The summed E-state index contributed by atoms with van der Waals surface area (Å²) < 4.78 is 28.0. The number of nitrogens with zero attached hydrogens (tertiary/aromatic N) is 1. The van der Waals surface area contributed by atoms with E-state index in [0.717, 1.165) is 23.8 Å². The van der Waals surface area contributed by atoms with Crippen LogP contribution in [-0.2, 0) is 10.6 Å². The lowest BCUT2D eigenvalue weighted by Gasteiger charge is -2.25. The van der Waals surface area contributed by atoms with Crippen molar-refractivity contribution in [1.82, 2.24) is 5.06 Å². The Morgan fingerprint density at radius 1 is 1.29 bits per heavy atom. The second-order valence-electron chi connectivity index (χ2n) is 6.58. The zero-order valence-corrected chi connectivity index (χ0v) is 15.3. The van der Waals surface area contributed by atoms with E-state index >= 15 is 0 Å². The van der Waals surface area contributed by atoms with Crippen LogP contribution in [0.25, 0.3) is 0 Å². The molecule has 0 spiro atoms. The summed E-state index contributed by atoms with van der Waals surface area (Å²) in [6, 6.07) is 12.0. The minimum absolute atomic E-state index is 0.0386. The maximum Gasteiger partial charge on any atom is 0.216 e. The highest BCUT2D eigenvalue weighted by Crippen LogP contribution is 2.45. The molecular weight excluding hydrogens is 360 g/mol. The van der Waals surface area contributed by atoms with Gasteiger partial charge >= 0.3 is 0 Å². The zero-order chi connectivity index (χ0) is 20.1. The molecule has 0 radical (unpaired) electrons. The van der Waals surface area contributed by atoms with Crippen molar-refractivity contribution in [2.24, 2.45) is 0 Å². The second-order valence-corrected chi connectivity index (χ2v) is 6.58. The number of benzene rings is 2. The van der Waals surface area contributed by atoms with Crippen molar-refractivity contribution in [3.63, 3.8) is 0 Å². The number of hydroxylamine groups is 2. The second kappa shape index (κ2) is 8.46. The molecule has 0 bridgehead atoms. The lowest BCUT2D eigenvalue weighted by atomic mass is 9.94. The first kappa shape index (κ1) is 19.9. The van der Waals surface area contributed by atoms with Crippen molar-refractivity contribution >= 4 is 0 Å². The summed E-state index contributed by atoms with van der Waals surface area (Å²) in [6.45, 7) is 7.79. The fraction of sp³-hybridized carbons (Fsp3) is 0.174. The Balaban J connectivity index is 1.94. The third-order valence-electron chi connectivity index (χ3n) is 4.48. The molecule has 2 aromatic carbocycles. The Kier molecular flexibility index (Phi) is 6.02. The van der Waals surface area contributed by atoms with Crippen molar-refractivity contribution in [1.29, 1.82) is 0 Å². The number of hydrogen-bond acceptors (Lipinski definition) is 3. The largest absolute Gasteiger partial charge is 0.360 e. The molecule has 2 unspecified atom stereocenters. The van der Waals surface area contributed by atoms with Crippen molar-refractivity contribution in [2.45, 2.75) is 18.2 Å². The molecule has 1 aliphatic heterocycles. The van der Waals surface area contributed by atoms with E-state index < -0.39 is 17.4 Å². The molecule has 144 valence electrons. The van der Waals surface area contributed by atoms with Crippen molar-refractivity contribution in [3.8, 4) is 0 Å². The van der Waals surface area contributed by atoms with Crippen LogP contribution in [-0.4, -0.2) is 16.7 Å². The summed E-state index contributed by atoms with van der Waals surface area (Å²) in [5, 5.41) is 12.6. The molecule has 1 aliphatic rings. The highest BCUT2D eigenvalue weighted by molar-refractivity contribution is 5.28. The molecule has 28 heavy (non-hydrogen) atoms. The van der Waals surface area contributed by atoms with Crippen LogP contribution in [0.15, 0.2) is 91.2 Å². The summed E-state index contributed by atoms with van der Waals surface area (Å²) in [5.74, 6) is -3.37. The van der Waals surface area contributed by atoms with Gasteiger partial charge in [-0.1, -0.05) is 49.6 Å². The predicted octanol–water partition coefficient (Wildman–Crippen LogP) is 4.94. The summed E-state index contributed by atoms with van der Waals surface area (Å²) in [7, 11) is 0. The number of hydrogen-bond donors (Lipinski definition) is 1. The van der Waals surface area contributed by atoms with E-state index in [-0.39, 0.29) is 24.6 Å². The Morgan fingerprint density at radius 3 is 2.75 bits per heavy atom. The number of aliphatic hydroxyl groups is 1. The van der Waals surface area contributed by atoms with Gasteiger partial charge in [0.1, 0.15) is 11.6 Å². The van der Waals surface area contributed by atoms with Gasteiger partial charge < -0.3 is 5.11 Å². The van der Waals surface area contributed by atoms with E-state index in [1.165, 1.54) is 5.06 Å². The Labute approximate surface area is 163 Å². The van der Waals surface area contributed by atoms with E-state index in [1.807, 2.05) is 30.3 Å². The lowest BCUT2D eigenvalue weighted by Crippen LogP contribution is -2.30. The fourth-order valence-electron chi connectivity index (χ4n) is 3.20. The van der Waals surface area contributed by atoms with E-state index in [0.29, 0.717) is 5.57 Å². The van der Waals surface area contributed by atoms with Crippen molar-refractivity contribution < 1.29 is 18.7 Å². The summed E-state index contributed by atoms with van der Waals surface area (Å²) in [6.07, 6.45) is 4.95. The van der Waals surface area contributed by atoms with Gasteiger partial charge in [0.25, 0.3) is 0 Å². The molecule has 2 atom stereocenters. The number of halogens is 2. The quantitative estimate of drug-likeness (QED) is 0.568. The van der Waals surface area contributed by atoms with Gasteiger partial charge in [-0.05, 0) is 41.5 Å². The molecule has 1 heterocycles. The molecular formula is C23H21F2NO2. The molecule has 1 fully saturated rings. The molecule has 0 aromatic heterocycles. The normalized spacial score (nSPS) is 21.8. The molecule has 3 nitrogen and oxygen atoms in total. The van der Waals surface area contributed by atoms with Gasteiger partial charge in [0.05, 0.1) is 11.6 Å². The van der Waals surface area contributed by atoms with Crippen molar-refractivity contribution in [3.05, 3.63) is 114 Å². The standard InChI is InChI=1S/C23H21F2NO2/c1-3-4-6-9-17(2)16-26-22(18-10-7-5-8-11-18)15-23(27,28-26)20-14-19(24)12-13-21(20)25/h3-5,7-14,22,27H,1-2,15-16H2. The maximum atomic E-state index is 14.3. The van der Waals surface area contributed by atoms with Crippen LogP contribution in [0.2, 0.25) is 0 Å². The summed E-state index contributed by atoms with van der Waals surface area (Å²) >= 11 is 0. The smallest absolute Gasteiger partial charge is 0.216 e. The Bertz CT molecular complexity index is 935. The highest BCUT2D eigenvalue weighted by atomic mass is 19.1. The first-order valence-electron chi connectivity index (χ1n) is 8.83. The van der Waals surface area contributed by atoms with Crippen LogP contribution in [0.1, 0.15) is 23.6 Å². The first-order chi connectivity index (χ1) is 13.4.